The lowest BCUT2D eigenvalue weighted by atomic mass is 9.75. The predicted molar refractivity (Wildman–Crippen MR) is 80.6 cm³/mol. The molecule has 2 rings (SSSR count). The van der Waals surface area contributed by atoms with Crippen LogP contribution in [-0.2, 0) is 4.79 Å². The molecular formula is C17H25NO2. The first-order valence-corrected chi connectivity index (χ1v) is 7.46. The van der Waals surface area contributed by atoms with Crippen molar-refractivity contribution in [1.29, 1.82) is 0 Å². The molecule has 0 saturated heterocycles. The van der Waals surface area contributed by atoms with Crippen LogP contribution in [0.2, 0.25) is 0 Å². The summed E-state index contributed by atoms with van der Waals surface area (Å²) in [4.78, 5) is 11.2. The number of benzene rings is 1. The molecule has 1 aromatic carbocycles. The highest BCUT2D eigenvalue weighted by molar-refractivity contribution is 5.67. The number of nitrogens with two attached hydrogens (primary N) is 1. The van der Waals surface area contributed by atoms with Crippen LogP contribution in [0.3, 0.4) is 0 Å². The van der Waals surface area contributed by atoms with Gasteiger partial charge in [-0.2, -0.15) is 0 Å². The van der Waals surface area contributed by atoms with Gasteiger partial charge >= 0.3 is 5.97 Å². The van der Waals surface area contributed by atoms with Gasteiger partial charge in [0.1, 0.15) is 0 Å². The molecule has 1 aliphatic rings. The highest BCUT2D eigenvalue weighted by Crippen LogP contribution is 2.47. The second kappa shape index (κ2) is 5.96. The third kappa shape index (κ3) is 3.40. The fourth-order valence-corrected chi connectivity index (χ4v) is 3.63. The number of aryl methyl sites for hydroxylation is 2. The van der Waals surface area contributed by atoms with Crippen molar-refractivity contribution < 1.29 is 9.90 Å². The normalized spacial score (nSPS) is 18.9. The lowest BCUT2D eigenvalue weighted by Gasteiger charge is -2.31. The molecule has 0 spiro atoms. The van der Waals surface area contributed by atoms with Crippen LogP contribution in [0.15, 0.2) is 18.2 Å². The van der Waals surface area contributed by atoms with Gasteiger partial charge in [0, 0.05) is 6.04 Å². The Morgan fingerprint density at radius 1 is 1.35 bits per heavy atom. The number of hydrogen-bond donors (Lipinski definition) is 2. The zero-order chi connectivity index (χ0) is 14.8. The average molecular weight is 275 g/mol. The highest BCUT2D eigenvalue weighted by Gasteiger charge is 2.37. The predicted octanol–water partition coefficient (Wildman–Crippen LogP) is 3.73. The van der Waals surface area contributed by atoms with Crippen LogP contribution >= 0.6 is 0 Å². The third-order valence-corrected chi connectivity index (χ3v) is 4.68. The van der Waals surface area contributed by atoms with E-state index in [0.717, 1.165) is 32.1 Å². The minimum absolute atomic E-state index is 0.0626. The summed E-state index contributed by atoms with van der Waals surface area (Å²) < 4.78 is 0. The first-order valence-electron chi connectivity index (χ1n) is 7.46. The first-order chi connectivity index (χ1) is 9.42. The number of rotatable bonds is 5. The quantitative estimate of drug-likeness (QED) is 0.860. The summed E-state index contributed by atoms with van der Waals surface area (Å²) in [5.74, 6) is -0.694. The Labute approximate surface area is 121 Å². The van der Waals surface area contributed by atoms with Crippen molar-refractivity contribution in [2.24, 2.45) is 11.1 Å². The zero-order valence-electron chi connectivity index (χ0n) is 12.5. The lowest BCUT2D eigenvalue weighted by molar-refractivity contribution is -0.139. The summed E-state index contributed by atoms with van der Waals surface area (Å²) >= 11 is 0. The van der Waals surface area contributed by atoms with E-state index >= 15 is 0 Å². The van der Waals surface area contributed by atoms with Crippen LogP contribution in [-0.4, -0.2) is 11.1 Å². The molecule has 3 nitrogen and oxygen atoms in total. The second-order valence-corrected chi connectivity index (χ2v) is 6.45. The molecule has 3 heteroatoms. The fraction of sp³-hybridized carbons (Fsp3) is 0.588. The summed E-state index contributed by atoms with van der Waals surface area (Å²) in [6, 6.07) is 6.27. The van der Waals surface area contributed by atoms with Gasteiger partial charge in [0.2, 0.25) is 0 Å². The molecule has 20 heavy (non-hydrogen) atoms. The first kappa shape index (κ1) is 15.0. The summed E-state index contributed by atoms with van der Waals surface area (Å²) in [6.07, 6.45) is 5.30. The van der Waals surface area contributed by atoms with Gasteiger partial charge in [-0.15, -0.1) is 0 Å². The average Bonchev–Trinajstić information content (AvgIpc) is 2.79. The molecule has 110 valence electrons. The molecular weight excluding hydrogens is 250 g/mol. The SMILES string of the molecule is Cc1ccc(C)c(C(N)CC2(CC(=O)O)CCCC2)c1. The molecule has 0 amide bonds. The maximum Gasteiger partial charge on any atom is 0.303 e. The van der Waals surface area contributed by atoms with Crippen LogP contribution in [0.25, 0.3) is 0 Å². The summed E-state index contributed by atoms with van der Waals surface area (Å²) in [5.41, 5.74) is 9.89. The Morgan fingerprint density at radius 3 is 2.60 bits per heavy atom. The monoisotopic (exact) mass is 275 g/mol. The van der Waals surface area contributed by atoms with E-state index in [1.165, 1.54) is 16.7 Å². The van der Waals surface area contributed by atoms with E-state index in [9.17, 15) is 9.90 Å². The Bertz CT molecular complexity index is 490. The Hall–Kier alpha value is -1.35. The minimum atomic E-state index is -0.694. The molecule has 1 aromatic rings. The maximum atomic E-state index is 11.2. The molecule has 1 unspecified atom stereocenters. The van der Waals surface area contributed by atoms with Crippen molar-refractivity contribution in [1.82, 2.24) is 0 Å². The molecule has 0 radical (unpaired) electrons. The fourth-order valence-electron chi connectivity index (χ4n) is 3.63. The number of aliphatic carboxylic acids is 1. The van der Waals surface area contributed by atoms with E-state index in [0.29, 0.717) is 0 Å². The third-order valence-electron chi connectivity index (χ3n) is 4.68. The van der Waals surface area contributed by atoms with Crippen LogP contribution < -0.4 is 5.73 Å². The van der Waals surface area contributed by atoms with Gasteiger partial charge in [-0.1, -0.05) is 36.6 Å². The van der Waals surface area contributed by atoms with Gasteiger partial charge in [-0.25, -0.2) is 0 Å². The van der Waals surface area contributed by atoms with Gasteiger partial charge in [0.25, 0.3) is 0 Å². The maximum absolute atomic E-state index is 11.2. The van der Waals surface area contributed by atoms with Crippen molar-refractivity contribution >= 4 is 5.97 Å². The van der Waals surface area contributed by atoms with Crippen LogP contribution in [0.1, 0.15) is 61.3 Å². The summed E-state index contributed by atoms with van der Waals surface area (Å²) in [6.45, 7) is 4.14. The van der Waals surface area contributed by atoms with E-state index in [1.54, 1.807) is 0 Å². The van der Waals surface area contributed by atoms with E-state index < -0.39 is 5.97 Å². The summed E-state index contributed by atoms with van der Waals surface area (Å²) in [5, 5.41) is 9.18. The van der Waals surface area contributed by atoms with Gasteiger partial charge in [-0.3, -0.25) is 4.79 Å². The van der Waals surface area contributed by atoms with Crippen molar-refractivity contribution in [3.63, 3.8) is 0 Å². The lowest BCUT2D eigenvalue weighted by Crippen LogP contribution is -2.27. The standard InChI is InChI=1S/C17H25NO2/c1-12-5-6-13(2)14(9-12)15(18)10-17(11-16(19)20)7-3-4-8-17/h5-6,9,15H,3-4,7-8,10-11,18H2,1-2H3,(H,19,20). The number of carboxylic acids is 1. The molecule has 0 bridgehead atoms. The molecule has 1 fully saturated rings. The zero-order valence-corrected chi connectivity index (χ0v) is 12.5. The minimum Gasteiger partial charge on any atom is -0.481 e. The van der Waals surface area contributed by atoms with Crippen molar-refractivity contribution in [2.45, 2.75) is 58.4 Å². The molecule has 0 heterocycles. The molecule has 1 aliphatic carbocycles. The Kier molecular flexibility index (Phi) is 4.48. The van der Waals surface area contributed by atoms with Crippen molar-refractivity contribution in [3.8, 4) is 0 Å². The van der Waals surface area contributed by atoms with Gasteiger partial charge in [0.05, 0.1) is 6.42 Å². The van der Waals surface area contributed by atoms with Gasteiger partial charge in [0.15, 0.2) is 0 Å². The van der Waals surface area contributed by atoms with Crippen LogP contribution in [0, 0.1) is 19.3 Å². The molecule has 0 aliphatic heterocycles. The Morgan fingerprint density at radius 2 is 2.00 bits per heavy atom. The van der Waals surface area contributed by atoms with Gasteiger partial charge < -0.3 is 10.8 Å². The number of hydrogen-bond acceptors (Lipinski definition) is 2. The van der Waals surface area contributed by atoms with E-state index in [4.69, 9.17) is 5.73 Å². The molecule has 3 N–H and O–H groups in total. The Balaban J connectivity index is 2.18. The largest absolute Gasteiger partial charge is 0.481 e. The summed E-state index contributed by atoms with van der Waals surface area (Å²) in [7, 11) is 0. The van der Waals surface area contributed by atoms with Crippen molar-refractivity contribution in [2.75, 3.05) is 0 Å². The number of carbonyl (C=O) groups is 1. The number of carboxylic acid groups (broad SMARTS) is 1. The second-order valence-electron chi connectivity index (χ2n) is 6.45. The van der Waals surface area contributed by atoms with Gasteiger partial charge in [-0.05, 0) is 49.7 Å². The molecule has 0 aromatic heterocycles. The van der Waals surface area contributed by atoms with E-state index in [1.807, 2.05) is 0 Å². The van der Waals surface area contributed by atoms with Crippen LogP contribution in [0.4, 0.5) is 0 Å². The van der Waals surface area contributed by atoms with E-state index in [2.05, 4.69) is 32.0 Å². The topological polar surface area (TPSA) is 63.3 Å². The van der Waals surface area contributed by atoms with Crippen molar-refractivity contribution in [3.05, 3.63) is 34.9 Å². The highest BCUT2D eigenvalue weighted by atomic mass is 16.4. The van der Waals surface area contributed by atoms with E-state index in [-0.39, 0.29) is 17.9 Å². The molecule has 1 saturated carbocycles. The van der Waals surface area contributed by atoms with Crippen LogP contribution in [0.5, 0.6) is 0 Å². The smallest absolute Gasteiger partial charge is 0.303 e. The molecule has 1 atom stereocenters.